The van der Waals surface area contributed by atoms with E-state index in [0.29, 0.717) is 5.57 Å². The summed E-state index contributed by atoms with van der Waals surface area (Å²) in [4.78, 5) is 23.5. The maximum atomic E-state index is 12.4. The summed E-state index contributed by atoms with van der Waals surface area (Å²) < 4.78 is 42.2. The van der Waals surface area contributed by atoms with E-state index in [-0.39, 0.29) is 6.42 Å². The Bertz CT molecular complexity index is 421. The minimum Gasteiger partial charge on any atom is -0.481 e. The number of halogens is 3. The normalized spacial score (nSPS) is 15.0. The highest BCUT2D eigenvalue weighted by atomic mass is 19.4. The van der Waals surface area contributed by atoms with E-state index in [2.05, 4.69) is 6.58 Å². The van der Waals surface area contributed by atoms with Gasteiger partial charge in [-0.3, -0.25) is 9.59 Å². The second-order valence-electron chi connectivity index (χ2n) is 6.40. The predicted octanol–water partition coefficient (Wildman–Crippen LogP) is 3.95. The monoisotopic (exact) mass is 324 g/mol. The fourth-order valence-corrected chi connectivity index (χ4v) is 1.96. The number of alkyl halides is 3. The van der Waals surface area contributed by atoms with E-state index in [9.17, 15) is 27.9 Å². The van der Waals surface area contributed by atoms with E-state index < -0.39 is 48.4 Å². The van der Waals surface area contributed by atoms with Crippen molar-refractivity contribution in [2.75, 3.05) is 0 Å². The quantitative estimate of drug-likeness (QED) is 0.569. The SMILES string of the molecule is C=C(C)C[C@H](C(=O)OC(C)(C)C)[C@@H](CCC(F)(F)F)C(=O)O. The number of carbonyl (C=O) groups is 2. The highest BCUT2D eigenvalue weighted by Crippen LogP contribution is 2.31. The van der Waals surface area contributed by atoms with Crippen molar-refractivity contribution < 1.29 is 32.6 Å². The van der Waals surface area contributed by atoms with Crippen LogP contribution in [0, 0.1) is 11.8 Å². The van der Waals surface area contributed by atoms with E-state index in [0.717, 1.165) is 0 Å². The zero-order valence-electron chi connectivity index (χ0n) is 13.3. The Morgan fingerprint density at radius 2 is 1.68 bits per heavy atom. The average Bonchev–Trinajstić information content (AvgIpc) is 2.22. The smallest absolute Gasteiger partial charge is 0.389 e. The lowest BCUT2D eigenvalue weighted by molar-refractivity contribution is -0.169. The van der Waals surface area contributed by atoms with E-state index in [1.165, 1.54) is 0 Å². The van der Waals surface area contributed by atoms with Gasteiger partial charge in [-0.1, -0.05) is 5.57 Å². The van der Waals surface area contributed by atoms with E-state index in [4.69, 9.17) is 4.74 Å². The van der Waals surface area contributed by atoms with Crippen LogP contribution in [0.4, 0.5) is 13.2 Å². The molecule has 4 nitrogen and oxygen atoms in total. The van der Waals surface area contributed by atoms with Crippen LogP contribution >= 0.6 is 0 Å². The molecule has 7 heteroatoms. The summed E-state index contributed by atoms with van der Waals surface area (Å²) in [6.45, 7) is 10.0. The van der Waals surface area contributed by atoms with Crippen LogP contribution in [0.2, 0.25) is 0 Å². The second kappa shape index (κ2) is 7.65. The lowest BCUT2D eigenvalue weighted by Crippen LogP contribution is -2.36. The van der Waals surface area contributed by atoms with Crippen molar-refractivity contribution in [3.05, 3.63) is 12.2 Å². The van der Waals surface area contributed by atoms with Crippen molar-refractivity contribution in [2.45, 2.75) is 58.7 Å². The fourth-order valence-electron chi connectivity index (χ4n) is 1.96. The maximum absolute atomic E-state index is 12.4. The van der Waals surface area contributed by atoms with Crippen molar-refractivity contribution in [1.82, 2.24) is 0 Å². The predicted molar refractivity (Wildman–Crippen MR) is 75.2 cm³/mol. The Hall–Kier alpha value is -1.53. The molecule has 0 heterocycles. The molecule has 1 N–H and O–H groups in total. The third-order valence-corrected chi connectivity index (χ3v) is 2.82. The van der Waals surface area contributed by atoms with Gasteiger partial charge in [0.2, 0.25) is 0 Å². The fraction of sp³-hybridized carbons (Fsp3) is 0.733. The zero-order valence-corrected chi connectivity index (χ0v) is 13.3. The molecule has 0 unspecified atom stereocenters. The van der Waals surface area contributed by atoms with Gasteiger partial charge in [-0.2, -0.15) is 13.2 Å². The average molecular weight is 324 g/mol. The van der Waals surface area contributed by atoms with Crippen molar-refractivity contribution in [2.24, 2.45) is 11.8 Å². The number of hydrogen-bond donors (Lipinski definition) is 1. The number of allylic oxidation sites excluding steroid dienone is 1. The molecule has 0 radical (unpaired) electrons. The highest BCUT2D eigenvalue weighted by molar-refractivity contribution is 5.81. The summed E-state index contributed by atoms with van der Waals surface area (Å²) in [6.07, 6.45) is -6.44. The number of esters is 1. The van der Waals surface area contributed by atoms with Gasteiger partial charge in [-0.15, -0.1) is 6.58 Å². The first kappa shape index (κ1) is 20.5. The minimum absolute atomic E-state index is 0.0241. The topological polar surface area (TPSA) is 63.6 Å². The molecule has 0 amide bonds. The van der Waals surface area contributed by atoms with E-state index >= 15 is 0 Å². The van der Waals surface area contributed by atoms with Gasteiger partial charge < -0.3 is 9.84 Å². The van der Waals surface area contributed by atoms with Crippen LogP contribution in [0.25, 0.3) is 0 Å². The molecule has 0 aliphatic heterocycles. The van der Waals surface area contributed by atoms with Crippen LogP contribution in [0.5, 0.6) is 0 Å². The van der Waals surface area contributed by atoms with Crippen LogP contribution < -0.4 is 0 Å². The molecule has 0 fully saturated rings. The van der Waals surface area contributed by atoms with Gasteiger partial charge in [-0.05, 0) is 40.5 Å². The molecule has 0 bridgehead atoms. The molecule has 128 valence electrons. The van der Waals surface area contributed by atoms with Gasteiger partial charge in [-0.25, -0.2) is 0 Å². The third-order valence-electron chi connectivity index (χ3n) is 2.82. The maximum Gasteiger partial charge on any atom is 0.389 e. The molecule has 0 aromatic carbocycles. The number of aliphatic carboxylic acids is 1. The van der Waals surface area contributed by atoms with Crippen LogP contribution in [0.3, 0.4) is 0 Å². The van der Waals surface area contributed by atoms with Gasteiger partial charge >= 0.3 is 18.1 Å². The Labute approximate surface area is 128 Å². The molecule has 0 aliphatic carbocycles. The summed E-state index contributed by atoms with van der Waals surface area (Å²) in [5.74, 6) is -4.91. The number of hydrogen-bond acceptors (Lipinski definition) is 3. The summed E-state index contributed by atoms with van der Waals surface area (Å²) in [7, 11) is 0. The summed E-state index contributed by atoms with van der Waals surface area (Å²) in [5, 5.41) is 9.20. The molecule has 0 aromatic rings. The molecular formula is C15H23F3O4. The van der Waals surface area contributed by atoms with Crippen molar-refractivity contribution in [3.8, 4) is 0 Å². The zero-order chi connectivity index (χ0) is 17.7. The Morgan fingerprint density at radius 1 is 1.18 bits per heavy atom. The number of carbonyl (C=O) groups excluding carboxylic acids is 1. The summed E-state index contributed by atoms with van der Waals surface area (Å²) in [5.41, 5.74) is -0.341. The Morgan fingerprint density at radius 3 is 2.00 bits per heavy atom. The molecule has 22 heavy (non-hydrogen) atoms. The van der Waals surface area contributed by atoms with Gasteiger partial charge in [0.15, 0.2) is 0 Å². The van der Waals surface area contributed by atoms with E-state index in [1.807, 2.05) is 0 Å². The molecular weight excluding hydrogens is 301 g/mol. The molecule has 0 saturated heterocycles. The molecule has 0 spiro atoms. The molecule has 2 atom stereocenters. The van der Waals surface area contributed by atoms with Gasteiger partial charge in [0, 0.05) is 6.42 Å². The summed E-state index contributed by atoms with van der Waals surface area (Å²) in [6, 6.07) is 0. The first-order chi connectivity index (χ1) is 9.73. The number of carboxylic acid groups (broad SMARTS) is 1. The van der Waals surface area contributed by atoms with Crippen LogP contribution in [-0.2, 0) is 14.3 Å². The first-order valence-electron chi connectivity index (χ1n) is 6.89. The van der Waals surface area contributed by atoms with Gasteiger partial charge in [0.1, 0.15) is 5.60 Å². The lowest BCUT2D eigenvalue weighted by atomic mass is 9.84. The Kier molecular flexibility index (Phi) is 7.12. The van der Waals surface area contributed by atoms with Crippen molar-refractivity contribution in [3.63, 3.8) is 0 Å². The largest absolute Gasteiger partial charge is 0.481 e. The molecule has 0 aromatic heterocycles. The van der Waals surface area contributed by atoms with Crippen LogP contribution in [0.1, 0.15) is 47.0 Å². The Balaban J connectivity index is 5.27. The molecule has 0 saturated carbocycles. The number of ether oxygens (including phenoxy) is 1. The molecule has 0 rings (SSSR count). The van der Waals surface area contributed by atoms with Crippen LogP contribution in [0.15, 0.2) is 12.2 Å². The minimum atomic E-state index is -4.48. The lowest BCUT2D eigenvalue weighted by Gasteiger charge is -2.27. The second-order valence-corrected chi connectivity index (χ2v) is 6.40. The highest BCUT2D eigenvalue weighted by Gasteiger charge is 2.39. The number of carboxylic acids is 1. The van der Waals surface area contributed by atoms with Gasteiger partial charge in [0.05, 0.1) is 11.8 Å². The van der Waals surface area contributed by atoms with Crippen LogP contribution in [-0.4, -0.2) is 28.8 Å². The van der Waals surface area contributed by atoms with Crippen molar-refractivity contribution >= 4 is 11.9 Å². The van der Waals surface area contributed by atoms with E-state index in [1.54, 1.807) is 27.7 Å². The standard InChI is InChI=1S/C15H23F3O4/c1-9(2)8-11(13(21)22-14(3,4)5)10(12(19)20)6-7-15(16,17)18/h10-11H,1,6-8H2,2-5H3,(H,19,20)/t10-,11+/m1/s1. The summed E-state index contributed by atoms with van der Waals surface area (Å²) >= 11 is 0. The third kappa shape index (κ3) is 8.69. The number of rotatable bonds is 7. The van der Waals surface area contributed by atoms with Gasteiger partial charge in [0.25, 0.3) is 0 Å². The van der Waals surface area contributed by atoms with Crippen molar-refractivity contribution in [1.29, 1.82) is 0 Å². The molecule has 0 aliphatic rings. The first-order valence-corrected chi connectivity index (χ1v) is 6.89.